The van der Waals surface area contributed by atoms with E-state index in [9.17, 15) is 8.78 Å². The Morgan fingerprint density at radius 1 is 1.23 bits per heavy atom. The molecule has 0 radical (unpaired) electrons. The number of aromatic nitrogens is 3. The van der Waals surface area contributed by atoms with Crippen molar-refractivity contribution in [3.8, 4) is 5.82 Å². The zero-order valence-electron chi connectivity index (χ0n) is 17.0. The summed E-state index contributed by atoms with van der Waals surface area (Å²) in [4.78, 5) is 14.6. The quantitative estimate of drug-likeness (QED) is 0.297. The van der Waals surface area contributed by atoms with Gasteiger partial charge in [0.05, 0.1) is 5.69 Å². The summed E-state index contributed by atoms with van der Waals surface area (Å²) in [7, 11) is 1.71. The summed E-state index contributed by atoms with van der Waals surface area (Å²) < 4.78 is 29.1. The van der Waals surface area contributed by atoms with E-state index in [-0.39, 0.29) is 30.0 Å². The van der Waals surface area contributed by atoms with Gasteiger partial charge in [-0.2, -0.15) is 0 Å². The van der Waals surface area contributed by atoms with E-state index in [1.54, 1.807) is 25.8 Å². The molecule has 1 aromatic carbocycles. The second kappa shape index (κ2) is 10.5. The molecule has 0 spiro atoms. The molecule has 3 aromatic rings. The Labute approximate surface area is 196 Å². The van der Waals surface area contributed by atoms with Gasteiger partial charge in [0.15, 0.2) is 5.96 Å². The maximum Gasteiger partial charge on any atom is 0.191 e. The molecule has 7 nitrogen and oxygen atoms in total. The summed E-state index contributed by atoms with van der Waals surface area (Å²) in [5, 5.41) is 6.68. The molecule has 1 aliphatic heterocycles. The Kier molecular flexibility index (Phi) is 7.77. The lowest BCUT2D eigenvalue weighted by molar-refractivity contribution is 0.580. The monoisotopic (exact) mass is 539 g/mol. The molecule has 0 aliphatic carbocycles. The predicted octanol–water partition coefficient (Wildman–Crippen LogP) is 3.11. The van der Waals surface area contributed by atoms with Gasteiger partial charge >= 0.3 is 0 Å². The van der Waals surface area contributed by atoms with E-state index in [0.29, 0.717) is 31.3 Å². The van der Waals surface area contributed by atoms with E-state index >= 15 is 0 Å². The van der Waals surface area contributed by atoms with Gasteiger partial charge in [-0.05, 0) is 36.2 Å². The van der Waals surface area contributed by atoms with Crippen LogP contribution in [0.2, 0.25) is 0 Å². The van der Waals surface area contributed by atoms with Crippen molar-refractivity contribution in [3.05, 3.63) is 72.4 Å². The first kappa shape index (κ1) is 22.9. The molecule has 2 aromatic heterocycles. The lowest BCUT2D eigenvalue weighted by Gasteiger charge is -2.21. The highest BCUT2D eigenvalue weighted by Gasteiger charge is 2.25. The van der Waals surface area contributed by atoms with Crippen molar-refractivity contribution in [1.82, 2.24) is 25.2 Å². The standard InChI is InChI=1S/C21H23F2N7.HI/c1-24-21(27-12-15-4-6-26-20(10-15)30-9-7-25-14-30)28-17-5-8-29(13-17)19-3-2-16(22)11-18(19)23;/h2-4,6-7,9-11,14,17H,5,8,12-13H2,1H3,(H2,24,27,28);1H. The number of guanidine groups is 1. The van der Waals surface area contributed by atoms with Gasteiger partial charge in [-0.15, -0.1) is 24.0 Å². The van der Waals surface area contributed by atoms with Crippen LogP contribution in [0.3, 0.4) is 0 Å². The number of pyridine rings is 1. The van der Waals surface area contributed by atoms with E-state index < -0.39 is 11.6 Å². The van der Waals surface area contributed by atoms with Gasteiger partial charge in [-0.1, -0.05) is 0 Å². The number of nitrogens with zero attached hydrogens (tertiary/aromatic N) is 5. The Bertz CT molecular complexity index is 1030. The Hall–Kier alpha value is -2.76. The zero-order valence-corrected chi connectivity index (χ0v) is 19.3. The van der Waals surface area contributed by atoms with E-state index in [0.717, 1.165) is 23.9 Å². The van der Waals surface area contributed by atoms with Crippen LogP contribution in [0.25, 0.3) is 5.82 Å². The first-order valence-electron chi connectivity index (χ1n) is 9.73. The lowest BCUT2D eigenvalue weighted by Crippen LogP contribution is -2.44. The van der Waals surface area contributed by atoms with Gasteiger partial charge in [0.25, 0.3) is 0 Å². The Morgan fingerprint density at radius 2 is 2.10 bits per heavy atom. The van der Waals surface area contributed by atoms with Crippen molar-refractivity contribution >= 4 is 35.6 Å². The van der Waals surface area contributed by atoms with Crippen LogP contribution in [0.4, 0.5) is 14.5 Å². The maximum absolute atomic E-state index is 14.1. The van der Waals surface area contributed by atoms with Crippen LogP contribution in [0.5, 0.6) is 0 Å². The summed E-state index contributed by atoms with van der Waals surface area (Å²) in [6.07, 6.45) is 7.85. The topological polar surface area (TPSA) is 70.4 Å². The van der Waals surface area contributed by atoms with Gasteiger partial charge in [0.2, 0.25) is 0 Å². The van der Waals surface area contributed by atoms with Crippen LogP contribution in [0.15, 0.2) is 60.2 Å². The number of anilines is 1. The van der Waals surface area contributed by atoms with Gasteiger partial charge in [0, 0.05) is 57.4 Å². The van der Waals surface area contributed by atoms with Gasteiger partial charge < -0.3 is 15.5 Å². The molecule has 31 heavy (non-hydrogen) atoms. The lowest BCUT2D eigenvalue weighted by atomic mass is 10.2. The molecular weight excluding hydrogens is 515 g/mol. The molecule has 0 amide bonds. The average molecular weight is 539 g/mol. The van der Waals surface area contributed by atoms with Crippen molar-refractivity contribution in [2.24, 2.45) is 4.99 Å². The van der Waals surface area contributed by atoms with Crippen molar-refractivity contribution in [2.75, 3.05) is 25.0 Å². The first-order valence-corrected chi connectivity index (χ1v) is 9.73. The molecule has 2 N–H and O–H groups in total. The third-order valence-corrected chi connectivity index (χ3v) is 5.04. The first-order chi connectivity index (χ1) is 14.6. The van der Waals surface area contributed by atoms with E-state index in [1.165, 1.54) is 12.1 Å². The number of hydrogen-bond acceptors (Lipinski definition) is 4. The second-order valence-corrected chi connectivity index (χ2v) is 7.09. The van der Waals surface area contributed by atoms with E-state index in [4.69, 9.17) is 0 Å². The highest BCUT2D eigenvalue weighted by atomic mass is 127. The molecule has 1 atom stereocenters. The highest BCUT2D eigenvalue weighted by Crippen LogP contribution is 2.24. The molecule has 4 rings (SSSR count). The molecule has 3 heterocycles. The molecule has 0 bridgehead atoms. The van der Waals surface area contributed by atoms with Gasteiger partial charge in [0.1, 0.15) is 23.8 Å². The fourth-order valence-electron chi connectivity index (χ4n) is 3.51. The molecule has 1 fully saturated rings. The number of benzene rings is 1. The zero-order chi connectivity index (χ0) is 20.9. The van der Waals surface area contributed by atoms with Crippen LogP contribution in [-0.2, 0) is 6.54 Å². The van der Waals surface area contributed by atoms with Crippen molar-refractivity contribution in [1.29, 1.82) is 0 Å². The molecular formula is C21H24F2IN7. The Balaban J connectivity index is 0.00000272. The fraction of sp³-hybridized carbons (Fsp3) is 0.286. The fourth-order valence-corrected chi connectivity index (χ4v) is 3.51. The summed E-state index contributed by atoms with van der Waals surface area (Å²) in [5.41, 5.74) is 1.48. The Morgan fingerprint density at radius 3 is 2.84 bits per heavy atom. The van der Waals surface area contributed by atoms with Crippen LogP contribution in [0.1, 0.15) is 12.0 Å². The second-order valence-electron chi connectivity index (χ2n) is 7.09. The highest BCUT2D eigenvalue weighted by molar-refractivity contribution is 14.0. The largest absolute Gasteiger partial charge is 0.367 e. The van der Waals surface area contributed by atoms with Crippen LogP contribution >= 0.6 is 24.0 Å². The number of hydrogen-bond donors (Lipinski definition) is 2. The summed E-state index contributed by atoms with van der Waals surface area (Å²) in [5.74, 6) is 0.358. The summed E-state index contributed by atoms with van der Waals surface area (Å²) in [6.45, 7) is 1.88. The van der Waals surface area contributed by atoms with Crippen molar-refractivity contribution in [3.63, 3.8) is 0 Å². The molecule has 10 heteroatoms. The molecule has 0 saturated carbocycles. The third-order valence-electron chi connectivity index (χ3n) is 5.04. The minimum absolute atomic E-state index is 0. The average Bonchev–Trinajstić information content (AvgIpc) is 3.44. The minimum atomic E-state index is -0.568. The van der Waals surface area contributed by atoms with Crippen LogP contribution < -0.4 is 15.5 Å². The number of aliphatic imine (C=N–C) groups is 1. The molecule has 1 saturated heterocycles. The smallest absolute Gasteiger partial charge is 0.191 e. The van der Waals surface area contributed by atoms with Gasteiger partial charge in [-0.25, -0.2) is 18.7 Å². The van der Waals surface area contributed by atoms with Crippen LogP contribution in [0, 0.1) is 11.6 Å². The minimum Gasteiger partial charge on any atom is -0.367 e. The normalized spacial score (nSPS) is 16.2. The number of rotatable bonds is 5. The number of imidazole rings is 1. The third kappa shape index (κ3) is 5.69. The maximum atomic E-state index is 14.1. The summed E-state index contributed by atoms with van der Waals surface area (Å²) >= 11 is 0. The number of nitrogens with one attached hydrogen (secondary N) is 2. The molecule has 164 valence electrons. The van der Waals surface area contributed by atoms with Gasteiger partial charge in [-0.3, -0.25) is 9.56 Å². The van der Waals surface area contributed by atoms with Crippen molar-refractivity contribution in [2.45, 2.75) is 19.0 Å². The summed E-state index contributed by atoms with van der Waals surface area (Å²) in [6, 6.07) is 7.72. The molecule has 1 unspecified atom stereocenters. The number of halogens is 3. The van der Waals surface area contributed by atoms with Crippen LogP contribution in [-0.4, -0.2) is 46.7 Å². The van der Waals surface area contributed by atoms with E-state index in [1.807, 2.05) is 27.8 Å². The predicted molar refractivity (Wildman–Crippen MR) is 127 cm³/mol. The van der Waals surface area contributed by atoms with E-state index in [2.05, 4.69) is 25.6 Å². The SMILES string of the molecule is CN=C(NCc1ccnc(-n2ccnc2)c1)NC1CCN(c2ccc(F)cc2F)C1.I. The molecule has 1 aliphatic rings. The van der Waals surface area contributed by atoms with Crippen molar-refractivity contribution < 1.29 is 8.78 Å².